The topological polar surface area (TPSA) is 81.6 Å². The third-order valence-corrected chi connectivity index (χ3v) is 3.19. The Morgan fingerprint density at radius 3 is 2.94 bits per heavy atom. The average molecular weight is 260 g/mol. The molecule has 2 aromatic heterocycles. The number of pyridine rings is 1. The highest BCUT2D eigenvalue weighted by Crippen LogP contribution is 2.18. The third-order valence-electron chi connectivity index (χ3n) is 2.47. The van der Waals surface area contributed by atoms with Gasteiger partial charge in [-0.05, 0) is 25.5 Å². The van der Waals surface area contributed by atoms with Gasteiger partial charge in [-0.2, -0.15) is 5.26 Å². The molecule has 2 N–H and O–H groups in total. The van der Waals surface area contributed by atoms with Crippen LogP contribution >= 0.6 is 11.3 Å². The largest absolute Gasteiger partial charge is 0.363 e. The van der Waals surface area contributed by atoms with E-state index in [4.69, 9.17) is 5.26 Å². The van der Waals surface area contributed by atoms with Gasteiger partial charge in [-0.3, -0.25) is 4.79 Å². The number of hydrogen-bond acceptors (Lipinski definition) is 5. The minimum absolute atomic E-state index is 0.0827. The number of hydrogen-bond donors (Lipinski definition) is 2. The number of H-pyrrole nitrogens is 1. The Balaban J connectivity index is 2.24. The minimum atomic E-state index is -0.0827. The van der Waals surface area contributed by atoms with E-state index in [1.165, 1.54) is 0 Å². The normalized spacial score (nSPS) is 10.1. The zero-order valence-corrected chi connectivity index (χ0v) is 10.9. The average Bonchev–Trinajstić information content (AvgIpc) is 2.72. The number of rotatable bonds is 3. The standard InChI is InChI=1S/C12H12N4OS/c1-7-3-8(2)15-11(10(7)4-13)14-5-9-6-18-12(17)16-9/h3,6H,5H2,1-2H3,(H,14,15)(H,16,17). The molecule has 0 amide bonds. The van der Waals surface area contributed by atoms with E-state index in [2.05, 4.69) is 21.4 Å². The van der Waals surface area contributed by atoms with Crippen molar-refractivity contribution < 1.29 is 0 Å². The summed E-state index contributed by atoms with van der Waals surface area (Å²) in [6, 6.07) is 4.01. The van der Waals surface area contributed by atoms with Crippen molar-refractivity contribution in [3.05, 3.63) is 43.6 Å². The maximum Gasteiger partial charge on any atom is 0.304 e. The van der Waals surface area contributed by atoms with Crippen LogP contribution in [0.2, 0.25) is 0 Å². The second-order valence-corrected chi connectivity index (χ2v) is 4.79. The molecule has 0 aliphatic rings. The summed E-state index contributed by atoms with van der Waals surface area (Å²) in [5, 5.41) is 13.9. The molecule has 0 saturated carbocycles. The number of aryl methyl sites for hydroxylation is 2. The fourth-order valence-electron chi connectivity index (χ4n) is 1.69. The lowest BCUT2D eigenvalue weighted by Crippen LogP contribution is -2.07. The molecule has 0 spiro atoms. The predicted octanol–water partition coefficient (Wildman–Crippen LogP) is 1.93. The molecule has 0 radical (unpaired) electrons. The summed E-state index contributed by atoms with van der Waals surface area (Å²) in [7, 11) is 0. The highest BCUT2D eigenvalue weighted by molar-refractivity contribution is 7.07. The Hall–Kier alpha value is -2.13. The molecule has 2 aromatic rings. The van der Waals surface area contributed by atoms with Crippen molar-refractivity contribution in [2.45, 2.75) is 20.4 Å². The quantitative estimate of drug-likeness (QED) is 0.883. The number of nitrogens with one attached hydrogen (secondary N) is 2. The van der Waals surface area contributed by atoms with E-state index < -0.39 is 0 Å². The molecule has 0 atom stereocenters. The van der Waals surface area contributed by atoms with Gasteiger partial charge >= 0.3 is 4.87 Å². The third kappa shape index (κ3) is 2.57. The number of nitrogens with zero attached hydrogens (tertiary/aromatic N) is 2. The second-order valence-electron chi connectivity index (χ2n) is 3.94. The van der Waals surface area contributed by atoms with Gasteiger partial charge in [-0.15, -0.1) is 0 Å². The fraction of sp³-hybridized carbons (Fsp3) is 0.250. The molecule has 6 heteroatoms. The van der Waals surface area contributed by atoms with Gasteiger partial charge in [0.05, 0.1) is 12.1 Å². The summed E-state index contributed by atoms with van der Waals surface area (Å²) >= 11 is 1.12. The molecule has 0 fully saturated rings. The van der Waals surface area contributed by atoms with Gasteiger partial charge in [0.1, 0.15) is 11.9 Å². The van der Waals surface area contributed by atoms with Crippen molar-refractivity contribution in [3.63, 3.8) is 0 Å². The van der Waals surface area contributed by atoms with Crippen molar-refractivity contribution in [1.29, 1.82) is 5.26 Å². The first-order chi connectivity index (χ1) is 8.60. The Labute approximate surface area is 108 Å². The van der Waals surface area contributed by atoms with E-state index in [9.17, 15) is 4.79 Å². The van der Waals surface area contributed by atoms with E-state index in [-0.39, 0.29) is 4.87 Å². The Kier molecular flexibility index (Phi) is 3.44. The smallest absolute Gasteiger partial charge is 0.304 e. The lowest BCUT2D eigenvalue weighted by Gasteiger charge is -2.09. The molecule has 0 unspecified atom stereocenters. The van der Waals surface area contributed by atoms with Crippen molar-refractivity contribution in [3.8, 4) is 6.07 Å². The number of aromatic amines is 1. The van der Waals surface area contributed by atoms with Crippen LogP contribution in [0.5, 0.6) is 0 Å². The SMILES string of the molecule is Cc1cc(C)c(C#N)c(NCc2csc(=O)[nH]2)n1. The maximum absolute atomic E-state index is 11.0. The Morgan fingerprint density at radius 2 is 2.33 bits per heavy atom. The second kappa shape index (κ2) is 5.02. The molecule has 2 heterocycles. The Morgan fingerprint density at radius 1 is 1.56 bits per heavy atom. The monoisotopic (exact) mass is 260 g/mol. The molecule has 92 valence electrons. The van der Waals surface area contributed by atoms with E-state index in [0.29, 0.717) is 17.9 Å². The molecule has 0 aliphatic carbocycles. The maximum atomic E-state index is 11.0. The number of anilines is 1. The number of thiazole rings is 1. The predicted molar refractivity (Wildman–Crippen MR) is 70.7 cm³/mol. The lowest BCUT2D eigenvalue weighted by molar-refractivity contribution is 1.03. The molecule has 18 heavy (non-hydrogen) atoms. The van der Waals surface area contributed by atoms with Crippen LogP contribution in [0.4, 0.5) is 5.82 Å². The van der Waals surface area contributed by atoms with Crippen molar-refractivity contribution in [2.75, 3.05) is 5.32 Å². The van der Waals surface area contributed by atoms with E-state index >= 15 is 0 Å². The van der Waals surface area contributed by atoms with Crippen LogP contribution in [0, 0.1) is 25.2 Å². The highest BCUT2D eigenvalue weighted by Gasteiger charge is 2.08. The van der Waals surface area contributed by atoms with Gasteiger partial charge in [0, 0.05) is 16.8 Å². The fourth-order valence-corrected chi connectivity index (χ4v) is 2.27. The van der Waals surface area contributed by atoms with Crippen molar-refractivity contribution >= 4 is 17.2 Å². The van der Waals surface area contributed by atoms with Gasteiger partial charge in [0.25, 0.3) is 0 Å². The summed E-state index contributed by atoms with van der Waals surface area (Å²) in [6.07, 6.45) is 0. The minimum Gasteiger partial charge on any atom is -0.363 e. The van der Waals surface area contributed by atoms with Crippen LogP contribution in [0.1, 0.15) is 22.5 Å². The first kappa shape index (κ1) is 12.3. The van der Waals surface area contributed by atoms with Crippen LogP contribution in [0.25, 0.3) is 0 Å². The first-order valence-electron chi connectivity index (χ1n) is 5.39. The van der Waals surface area contributed by atoms with E-state index in [0.717, 1.165) is 28.3 Å². The summed E-state index contributed by atoms with van der Waals surface area (Å²) in [5.41, 5.74) is 3.08. The molecule has 2 rings (SSSR count). The summed E-state index contributed by atoms with van der Waals surface area (Å²) in [5.74, 6) is 0.557. The zero-order valence-electron chi connectivity index (χ0n) is 10.1. The molecular formula is C12H12N4OS. The summed E-state index contributed by atoms with van der Waals surface area (Å²) in [6.45, 7) is 4.21. The van der Waals surface area contributed by atoms with Gasteiger partial charge < -0.3 is 10.3 Å². The van der Waals surface area contributed by atoms with Crippen LogP contribution in [0.3, 0.4) is 0 Å². The van der Waals surface area contributed by atoms with Crippen LogP contribution in [0.15, 0.2) is 16.2 Å². The van der Waals surface area contributed by atoms with Gasteiger partial charge in [0.2, 0.25) is 0 Å². The molecule has 0 aliphatic heterocycles. The van der Waals surface area contributed by atoms with Gasteiger partial charge in [0.15, 0.2) is 0 Å². The van der Waals surface area contributed by atoms with E-state index in [1.54, 1.807) is 5.38 Å². The number of aromatic nitrogens is 2. The lowest BCUT2D eigenvalue weighted by atomic mass is 10.1. The Bertz CT molecular complexity index is 665. The molecule has 0 bridgehead atoms. The van der Waals surface area contributed by atoms with Gasteiger partial charge in [-0.1, -0.05) is 11.3 Å². The molecule has 0 saturated heterocycles. The van der Waals surface area contributed by atoms with Crippen LogP contribution < -0.4 is 10.2 Å². The zero-order chi connectivity index (χ0) is 13.1. The van der Waals surface area contributed by atoms with Crippen molar-refractivity contribution in [1.82, 2.24) is 9.97 Å². The highest BCUT2D eigenvalue weighted by atomic mass is 32.1. The van der Waals surface area contributed by atoms with Crippen LogP contribution in [-0.4, -0.2) is 9.97 Å². The molecular weight excluding hydrogens is 248 g/mol. The first-order valence-corrected chi connectivity index (χ1v) is 6.27. The summed E-state index contributed by atoms with van der Waals surface area (Å²) in [4.78, 5) is 17.9. The molecule has 5 nitrogen and oxygen atoms in total. The number of nitriles is 1. The molecule has 0 aromatic carbocycles. The van der Waals surface area contributed by atoms with Crippen LogP contribution in [-0.2, 0) is 6.54 Å². The van der Waals surface area contributed by atoms with Crippen molar-refractivity contribution in [2.24, 2.45) is 0 Å². The van der Waals surface area contributed by atoms with E-state index in [1.807, 2.05) is 19.9 Å². The summed E-state index contributed by atoms with van der Waals surface area (Å²) < 4.78 is 0. The van der Waals surface area contributed by atoms with Gasteiger partial charge in [-0.25, -0.2) is 4.98 Å².